The Morgan fingerprint density at radius 2 is 1.91 bits per heavy atom. The summed E-state index contributed by atoms with van der Waals surface area (Å²) in [5.74, 6) is -0.0718. The molecule has 1 aromatic heterocycles. The molecular weight excluding hydrogens is 513 g/mol. The second-order valence-corrected chi connectivity index (χ2v) is 8.82. The first-order valence-corrected chi connectivity index (χ1v) is 11.2. The van der Waals surface area contributed by atoms with Gasteiger partial charge in [-0.3, -0.25) is 9.59 Å². The summed E-state index contributed by atoms with van der Waals surface area (Å²) in [4.78, 5) is 26.3. The van der Waals surface area contributed by atoms with Crippen LogP contribution >= 0.6 is 27.5 Å². The summed E-state index contributed by atoms with van der Waals surface area (Å²) in [5, 5.41) is 2.59. The van der Waals surface area contributed by atoms with Crippen LogP contribution in [0.4, 0.5) is 10.1 Å². The fraction of sp³-hybridized carbons (Fsp3) is 0.0833. The Morgan fingerprint density at radius 1 is 1.12 bits per heavy atom. The predicted octanol–water partition coefficient (Wildman–Crippen LogP) is 5.53. The lowest BCUT2D eigenvalue weighted by Crippen LogP contribution is -2.27. The van der Waals surface area contributed by atoms with Gasteiger partial charge in [-0.2, -0.15) is 0 Å². The van der Waals surface area contributed by atoms with Gasteiger partial charge in [0.15, 0.2) is 0 Å². The Morgan fingerprint density at radius 3 is 2.67 bits per heavy atom. The molecule has 0 bridgehead atoms. The van der Waals surface area contributed by atoms with E-state index in [0.29, 0.717) is 35.0 Å². The van der Waals surface area contributed by atoms with Crippen LogP contribution in [0.15, 0.2) is 76.0 Å². The van der Waals surface area contributed by atoms with Crippen LogP contribution < -0.4 is 15.6 Å². The summed E-state index contributed by atoms with van der Waals surface area (Å²) in [6, 6.07) is 18.5. The Kier molecular flexibility index (Phi) is 5.55. The number of anilines is 1. The molecule has 0 atom stereocenters. The van der Waals surface area contributed by atoms with E-state index in [4.69, 9.17) is 16.3 Å². The molecule has 0 unspecified atom stereocenters. The van der Waals surface area contributed by atoms with Gasteiger partial charge in [0.1, 0.15) is 18.1 Å². The largest absolute Gasteiger partial charge is 0.439 e. The van der Waals surface area contributed by atoms with Gasteiger partial charge >= 0.3 is 0 Å². The van der Waals surface area contributed by atoms with Crippen LogP contribution in [0.5, 0.6) is 11.6 Å². The molecule has 0 saturated carbocycles. The third kappa shape index (κ3) is 4.07. The lowest BCUT2D eigenvalue weighted by molar-refractivity contribution is -0.117. The highest BCUT2D eigenvalue weighted by molar-refractivity contribution is 9.10. The van der Waals surface area contributed by atoms with Crippen molar-refractivity contribution in [2.24, 2.45) is 0 Å². The van der Waals surface area contributed by atoms with Crippen molar-refractivity contribution < 1.29 is 13.9 Å². The highest BCUT2D eigenvalue weighted by atomic mass is 79.9. The van der Waals surface area contributed by atoms with Crippen molar-refractivity contribution >= 4 is 39.1 Å². The maximum absolute atomic E-state index is 13.5. The monoisotopic (exact) mass is 527 g/mol. The van der Waals surface area contributed by atoms with Gasteiger partial charge in [0.25, 0.3) is 5.56 Å². The van der Waals surface area contributed by atoms with E-state index >= 15 is 0 Å². The summed E-state index contributed by atoms with van der Waals surface area (Å²) in [6.45, 7) is -0.208. The van der Waals surface area contributed by atoms with Crippen LogP contribution in [-0.2, 0) is 17.8 Å². The number of aromatic nitrogens is 2. The third-order valence-electron chi connectivity index (χ3n) is 5.28. The normalized spacial score (nSPS) is 12.0. The van der Waals surface area contributed by atoms with Crippen LogP contribution in [0, 0.1) is 5.82 Å². The van der Waals surface area contributed by atoms with Crippen molar-refractivity contribution in [3.8, 4) is 17.3 Å². The molecule has 0 fully saturated rings. The average molecular weight is 529 g/mol. The minimum Gasteiger partial charge on any atom is -0.439 e. The van der Waals surface area contributed by atoms with Gasteiger partial charge in [-0.15, -0.1) is 0 Å². The molecule has 33 heavy (non-hydrogen) atoms. The van der Waals surface area contributed by atoms with E-state index < -0.39 is 11.7 Å². The zero-order chi connectivity index (χ0) is 23.1. The third-order valence-corrected chi connectivity index (χ3v) is 6.06. The lowest BCUT2D eigenvalue weighted by atomic mass is 10.0. The van der Waals surface area contributed by atoms with Crippen molar-refractivity contribution in [1.82, 2.24) is 9.36 Å². The molecule has 1 amide bonds. The van der Waals surface area contributed by atoms with Gasteiger partial charge in [0.05, 0.1) is 16.3 Å². The van der Waals surface area contributed by atoms with E-state index in [0.717, 1.165) is 10.0 Å². The Labute approximate surface area is 201 Å². The maximum Gasteiger partial charge on any atom is 0.278 e. The van der Waals surface area contributed by atoms with Crippen LogP contribution in [0.1, 0.15) is 11.1 Å². The molecule has 0 saturated heterocycles. The fourth-order valence-electron chi connectivity index (χ4n) is 3.80. The molecule has 5 rings (SSSR count). The molecular formula is C24H16BrClFN3O3. The molecule has 0 radical (unpaired) electrons. The molecule has 0 aliphatic carbocycles. The smallest absolute Gasteiger partial charge is 0.278 e. The SMILES string of the molecule is O=C(Cn1c2c(c(=O)n1-c1ccccc1)Cc1cc(Br)ccc1O2)Nc1ccc(F)c(Cl)c1. The summed E-state index contributed by atoms with van der Waals surface area (Å²) in [5.41, 5.74) is 2.01. The van der Waals surface area contributed by atoms with Crippen LogP contribution in [0.2, 0.25) is 5.02 Å². The summed E-state index contributed by atoms with van der Waals surface area (Å²) in [7, 11) is 0. The Balaban J connectivity index is 1.56. The van der Waals surface area contributed by atoms with Gasteiger partial charge in [-0.05, 0) is 48.5 Å². The van der Waals surface area contributed by atoms with Gasteiger partial charge < -0.3 is 10.1 Å². The van der Waals surface area contributed by atoms with Gasteiger partial charge in [-0.1, -0.05) is 45.7 Å². The second-order valence-electron chi connectivity index (χ2n) is 7.50. The van der Waals surface area contributed by atoms with Crippen LogP contribution in [0.25, 0.3) is 5.69 Å². The standard InChI is InChI=1S/C24H16BrClFN3O3/c25-15-6-9-21-14(10-15)11-18-23(32)30(17-4-2-1-3-5-17)29(24(18)33-21)13-22(31)28-16-7-8-20(27)19(26)12-16/h1-10,12H,11,13H2,(H,28,31). The number of carbonyl (C=O) groups excluding carboxylic acids is 1. The van der Waals surface area contributed by atoms with E-state index in [-0.39, 0.29) is 17.1 Å². The molecule has 1 aliphatic heterocycles. The van der Waals surface area contributed by atoms with E-state index in [2.05, 4.69) is 21.2 Å². The molecule has 3 aromatic carbocycles. The van der Waals surface area contributed by atoms with Gasteiger partial charge in [0, 0.05) is 22.1 Å². The number of benzene rings is 3. The van der Waals surface area contributed by atoms with Crippen molar-refractivity contribution in [3.05, 3.63) is 104 Å². The van der Waals surface area contributed by atoms with Crippen molar-refractivity contribution in [2.45, 2.75) is 13.0 Å². The Bertz CT molecular complexity index is 1450. The highest BCUT2D eigenvalue weighted by Gasteiger charge is 2.29. The number of fused-ring (bicyclic) bond motifs is 2. The quantitative estimate of drug-likeness (QED) is 0.334. The van der Waals surface area contributed by atoms with Crippen molar-refractivity contribution in [3.63, 3.8) is 0 Å². The number of rotatable bonds is 4. The van der Waals surface area contributed by atoms with E-state index in [1.165, 1.54) is 27.6 Å². The molecule has 0 spiro atoms. The van der Waals surface area contributed by atoms with E-state index in [1.807, 2.05) is 36.4 Å². The number of hydrogen-bond donors (Lipinski definition) is 1. The second kappa shape index (κ2) is 8.53. The van der Waals surface area contributed by atoms with E-state index in [1.54, 1.807) is 12.1 Å². The number of para-hydroxylation sites is 1. The van der Waals surface area contributed by atoms with Crippen molar-refractivity contribution in [2.75, 3.05) is 5.32 Å². The average Bonchev–Trinajstić information content (AvgIpc) is 3.06. The van der Waals surface area contributed by atoms with Gasteiger partial charge in [-0.25, -0.2) is 13.8 Å². The first kappa shape index (κ1) is 21.5. The van der Waals surface area contributed by atoms with Crippen LogP contribution in [0.3, 0.4) is 0 Å². The topological polar surface area (TPSA) is 65.3 Å². The summed E-state index contributed by atoms with van der Waals surface area (Å²) in [6.07, 6.45) is 0.373. The lowest BCUT2D eigenvalue weighted by Gasteiger charge is -2.20. The summed E-state index contributed by atoms with van der Waals surface area (Å²) < 4.78 is 23.4. The number of amides is 1. The molecule has 166 valence electrons. The fourth-order valence-corrected chi connectivity index (χ4v) is 4.39. The first-order valence-electron chi connectivity index (χ1n) is 10.0. The minimum absolute atomic E-state index is 0.0987. The number of carbonyl (C=O) groups is 1. The molecule has 6 nitrogen and oxygen atoms in total. The minimum atomic E-state index is -0.578. The number of nitrogens with zero attached hydrogens (tertiary/aromatic N) is 2. The number of hydrogen-bond acceptors (Lipinski definition) is 3. The number of ether oxygens (including phenoxy) is 1. The zero-order valence-corrected chi connectivity index (χ0v) is 19.4. The van der Waals surface area contributed by atoms with Crippen LogP contribution in [-0.4, -0.2) is 15.3 Å². The summed E-state index contributed by atoms with van der Waals surface area (Å²) >= 11 is 9.27. The first-order chi connectivity index (χ1) is 15.9. The zero-order valence-electron chi connectivity index (χ0n) is 17.0. The highest BCUT2D eigenvalue weighted by Crippen LogP contribution is 2.37. The molecule has 9 heteroatoms. The molecule has 1 aliphatic rings. The Hall–Kier alpha value is -3.36. The number of nitrogens with one attached hydrogen (secondary N) is 1. The molecule has 1 N–H and O–H groups in total. The molecule has 2 heterocycles. The van der Waals surface area contributed by atoms with Gasteiger partial charge in [0.2, 0.25) is 11.8 Å². The van der Waals surface area contributed by atoms with Crippen molar-refractivity contribution in [1.29, 1.82) is 0 Å². The van der Waals surface area contributed by atoms with E-state index in [9.17, 15) is 14.0 Å². The molecule has 4 aromatic rings. The maximum atomic E-state index is 13.5. The predicted molar refractivity (Wildman–Crippen MR) is 127 cm³/mol. The number of halogens is 3.